The quantitative estimate of drug-likeness (QED) is 0.826. The zero-order valence-corrected chi connectivity index (χ0v) is 8.67. The molecule has 2 rings (SSSR count). The minimum Gasteiger partial charge on any atom is -0.384 e. The fourth-order valence-corrected chi connectivity index (χ4v) is 1.61. The molecule has 0 bridgehead atoms. The van der Waals surface area contributed by atoms with Crippen LogP contribution in [0.3, 0.4) is 0 Å². The van der Waals surface area contributed by atoms with Crippen LogP contribution in [0.25, 0.3) is 0 Å². The van der Waals surface area contributed by atoms with E-state index in [0.717, 1.165) is 11.1 Å². The molecule has 0 heterocycles. The van der Waals surface area contributed by atoms with Gasteiger partial charge in [-0.15, -0.1) is 0 Å². The van der Waals surface area contributed by atoms with Crippen molar-refractivity contribution in [1.29, 1.82) is 5.26 Å². The second-order valence-electron chi connectivity index (χ2n) is 3.55. The lowest BCUT2D eigenvalue weighted by atomic mass is 10.0. The Morgan fingerprint density at radius 1 is 0.938 bits per heavy atom. The summed E-state index contributed by atoms with van der Waals surface area (Å²) < 4.78 is 0. The molecule has 0 unspecified atom stereocenters. The van der Waals surface area contributed by atoms with Crippen molar-refractivity contribution in [3.8, 4) is 6.07 Å². The van der Waals surface area contributed by atoms with Crippen molar-refractivity contribution in [3.05, 3.63) is 71.3 Å². The van der Waals surface area contributed by atoms with Gasteiger partial charge in [0.2, 0.25) is 0 Å². The number of aliphatic hydroxyl groups excluding tert-OH is 1. The fourth-order valence-electron chi connectivity index (χ4n) is 1.61. The van der Waals surface area contributed by atoms with Crippen LogP contribution in [-0.2, 0) is 0 Å². The summed E-state index contributed by atoms with van der Waals surface area (Å²) in [4.78, 5) is 0. The van der Waals surface area contributed by atoms with Crippen LogP contribution in [0.5, 0.6) is 0 Å². The minimum absolute atomic E-state index is 0.562. The van der Waals surface area contributed by atoms with Crippen LogP contribution in [0, 0.1) is 11.3 Å². The van der Waals surface area contributed by atoms with E-state index in [2.05, 4.69) is 6.07 Å². The Bertz CT molecular complexity index is 514. The predicted molar refractivity (Wildman–Crippen MR) is 61.7 cm³/mol. The summed E-state index contributed by atoms with van der Waals surface area (Å²) >= 11 is 0. The maximum Gasteiger partial charge on any atom is 0.104 e. The zero-order valence-electron chi connectivity index (χ0n) is 8.67. The molecule has 0 saturated heterocycles. The topological polar surface area (TPSA) is 44.0 Å². The molecule has 78 valence electrons. The van der Waals surface area contributed by atoms with E-state index in [4.69, 9.17) is 5.26 Å². The number of nitrogens with zero attached hydrogens (tertiary/aromatic N) is 1. The van der Waals surface area contributed by atoms with Gasteiger partial charge in [0.1, 0.15) is 6.10 Å². The Kier molecular flexibility index (Phi) is 3.00. The molecule has 0 aromatic heterocycles. The molecule has 2 heteroatoms. The highest BCUT2D eigenvalue weighted by molar-refractivity contribution is 5.37. The lowest BCUT2D eigenvalue weighted by Crippen LogP contribution is -1.99. The number of nitriles is 1. The highest BCUT2D eigenvalue weighted by Crippen LogP contribution is 2.21. The van der Waals surface area contributed by atoms with Crippen molar-refractivity contribution < 1.29 is 5.11 Å². The standard InChI is InChI=1S/C14H11NO/c15-10-11-5-4-8-13(9-11)14(16)12-6-2-1-3-7-12/h1-9,14,16H/t14-/m0/s1. The number of hydrogen-bond donors (Lipinski definition) is 1. The summed E-state index contributed by atoms with van der Waals surface area (Å²) in [6.07, 6.45) is -0.672. The second-order valence-corrected chi connectivity index (χ2v) is 3.55. The highest BCUT2D eigenvalue weighted by atomic mass is 16.3. The SMILES string of the molecule is N#Cc1cccc([C@@H](O)c2ccccc2)c1. The first-order chi connectivity index (χ1) is 7.81. The van der Waals surface area contributed by atoms with Gasteiger partial charge in [0.15, 0.2) is 0 Å². The van der Waals surface area contributed by atoms with Gasteiger partial charge in [-0.3, -0.25) is 0 Å². The van der Waals surface area contributed by atoms with Crippen molar-refractivity contribution >= 4 is 0 Å². The Balaban J connectivity index is 2.35. The number of benzene rings is 2. The number of rotatable bonds is 2. The molecular weight excluding hydrogens is 198 g/mol. The van der Waals surface area contributed by atoms with Gasteiger partial charge in [0.25, 0.3) is 0 Å². The van der Waals surface area contributed by atoms with Crippen LogP contribution in [0.4, 0.5) is 0 Å². The van der Waals surface area contributed by atoms with Crippen LogP contribution in [0.15, 0.2) is 54.6 Å². The minimum atomic E-state index is -0.672. The summed E-state index contributed by atoms with van der Waals surface area (Å²) in [7, 11) is 0. The first kappa shape index (κ1) is 10.4. The van der Waals surface area contributed by atoms with Crippen molar-refractivity contribution in [3.63, 3.8) is 0 Å². The summed E-state index contributed by atoms with van der Waals surface area (Å²) in [5.74, 6) is 0. The van der Waals surface area contributed by atoms with Crippen molar-refractivity contribution in [2.45, 2.75) is 6.10 Å². The maximum absolute atomic E-state index is 10.1. The molecule has 0 radical (unpaired) electrons. The van der Waals surface area contributed by atoms with Gasteiger partial charge < -0.3 is 5.11 Å². The van der Waals surface area contributed by atoms with E-state index in [0.29, 0.717) is 5.56 Å². The summed E-state index contributed by atoms with van der Waals surface area (Å²) in [6, 6.07) is 18.5. The van der Waals surface area contributed by atoms with Crippen molar-refractivity contribution in [2.24, 2.45) is 0 Å². The van der Waals surface area contributed by atoms with Gasteiger partial charge in [0, 0.05) is 0 Å². The van der Waals surface area contributed by atoms with Crippen LogP contribution >= 0.6 is 0 Å². The van der Waals surface area contributed by atoms with E-state index >= 15 is 0 Å². The predicted octanol–water partition coefficient (Wildman–Crippen LogP) is 2.64. The summed E-state index contributed by atoms with van der Waals surface area (Å²) in [5, 5.41) is 18.9. The largest absolute Gasteiger partial charge is 0.384 e. The molecule has 0 amide bonds. The molecule has 1 N–H and O–H groups in total. The van der Waals surface area contributed by atoms with Crippen LogP contribution < -0.4 is 0 Å². The molecular formula is C14H11NO. The molecule has 2 nitrogen and oxygen atoms in total. The molecule has 0 aliphatic carbocycles. The Morgan fingerprint density at radius 3 is 2.31 bits per heavy atom. The molecule has 0 aliphatic heterocycles. The molecule has 0 saturated carbocycles. The third kappa shape index (κ3) is 2.10. The average molecular weight is 209 g/mol. The second kappa shape index (κ2) is 4.61. The first-order valence-electron chi connectivity index (χ1n) is 5.04. The smallest absolute Gasteiger partial charge is 0.104 e. The molecule has 0 fully saturated rings. The molecule has 2 aromatic rings. The van der Waals surface area contributed by atoms with Crippen molar-refractivity contribution in [2.75, 3.05) is 0 Å². The van der Waals surface area contributed by atoms with Gasteiger partial charge in [-0.25, -0.2) is 0 Å². The Hall–Kier alpha value is -2.11. The molecule has 1 atom stereocenters. The van der Waals surface area contributed by atoms with E-state index in [9.17, 15) is 5.11 Å². The van der Waals surface area contributed by atoms with Gasteiger partial charge in [-0.1, -0.05) is 42.5 Å². The van der Waals surface area contributed by atoms with E-state index in [1.807, 2.05) is 36.4 Å². The third-order valence-electron chi connectivity index (χ3n) is 2.45. The summed E-state index contributed by atoms with van der Waals surface area (Å²) in [6.45, 7) is 0. The lowest BCUT2D eigenvalue weighted by molar-refractivity contribution is 0.220. The normalized spacial score (nSPS) is 11.8. The third-order valence-corrected chi connectivity index (χ3v) is 2.45. The van der Waals surface area contributed by atoms with Gasteiger partial charge >= 0.3 is 0 Å². The Morgan fingerprint density at radius 2 is 1.62 bits per heavy atom. The summed E-state index contributed by atoms with van der Waals surface area (Å²) in [5.41, 5.74) is 2.13. The Labute approximate surface area is 94.4 Å². The monoisotopic (exact) mass is 209 g/mol. The molecule has 0 aliphatic rings. The number of hydrogen-bond acceptors (Lipinski definition) is 2. The molecule has 0 spiro atoms. The molecule has 16 heavy (non-hydrogen) atoms. The molecule has 2 aromatic carbocycles. The van der Waals surface area contributed by atoms with Crippen LogP contribution in [0.1, 0.15) is 22.8 Å². The van der Waals surface area contributed by atoms with E-state index in [1.165, 1.54) is 0 Å². The van der Waals surface area contributed by atoms with Gasteiger partial charge in [-0.05, 0) is 23.3 Å². The van der Waals surface area contributed by atoms with Crippen LogP contribution in [0.2, 0.25) is 0 Å². The van der Waals surface area contributed by atoms with Gasteiger partial charge in [0.05, 0.1) is 11.6 Å². The zero-order chi connectivity index (χ0) is 11.4. The first-order valence-corrected chi connectivity index (χ1v) is 5.04. The average Bonchev–Trinajstić information content (AvgIpc) is 2.39. The van der Waals surface area contributed by atoms with E-state index < -0.39 is 6.10 Å². The fraction of sp³-hybridized carbons (Fsp3) is 0.0714. The van der Waals surface area contributed by atoms with E-state index in [1.54, 1.807) is 18.2 Å². The lowest BCUT2D eigenvalue weighted by Gasteiger charge is -2.11. The maximum atomic E-state index is 10.1. The van der Waals surface area contributed by atoms with Crippen molar-refractivity contribution in [1.82, 2.24) is 0 Å². The van der Waals surface area contributed by atoms with Gasteiger partial charge in [-0.2, -0.15) is 5.26 Å². The van der Waals surface area contributed by atoms with Crippen LogP contribution in [-0.4, -0.2) is 5.11 Å². The number of aliphatic hydroxyl groups is 1. The highest BCUT2D eigenvalue weighted by Gasteiger charge is 2.09. The van der Waals surface area contributed by atoms with E-state index in [-0.39, 0.29) is 0 Å².